The fourth-order valence-electron chi connectivity index (χ4n) is 2.53. The lowest BCUT2D eigenvalue weighted by Gasteiger charge is -2.22. The molecule has 0 spiro atoms. The number of rotatable bonds is 6. The third-order valence-electron chi connectivity index (χ3n) is 3.83. The summed E-state index contributed by atoms with van der Waals surface area (Å²) in [5, 5.41) is 0. The van der Waals surface area contributed by atoms with Gasteiger partial charge in [-0.1, -0.05) is 31.7 Å². The molecular formula is C16H25ClN2O. The molecule has 2 rings (SSSR count). The number of benzene rings is 1. The molecule has 1 atom stereocenters. The third kappa shape index (κ3) is 4.51. The van der Waals surface area contributed by atoms with Crippen molar-refractivity contribution in [1.82, 2.24) is 4.90 Å². The van der Waals surface area contributed by atoms with Gasteiger partial charge in [-0.05, 0) is 42.6 Å². The van der Waals surface area contributed by atoms with Gasteiger partial charge in [0.05, 0.1) is 0 Å². The molecule has 0 aromatic heterocycles. The van der Waals surface area contributed by atoms with Gasteiger partial charge < -0.3 is 10.5 Å². The molecule has 0 amide bonds. The van der Waals surface area contributed by atoms with E-state index in [4.69, 9.17) is 10.5 Å². The number of hydrogen-bond donors (Lipinski definition) is 1. The minimum atomic E-state index is 0. The van der Waals surface area contributed by atoms with Gasteiger partial charge in [-0.2, -0.15) is 0 Å². The van der Waals surface area contributed by atoms with Crippen LogP contribution in [0.4, 0.5) is 0 Å². The molecule has 4 heteroatoms. The SMILES string of the molecule is C=CCOc1ccc(CN2CCC(C)(CN)C2)cc1.Cl. The Bertz CT molecular complexity index is 421. The second-order valence-electron chi connectivity index (χ2n) is 5.72. The van der Waals surface area contributed by atoms with Crippen molar-refractivity contribution < 1.29 is 4.74 Å². The van der Waals surface area contributed by atoms with Gasteiger partial charge in [-0.15, -0.1) is 12.4 Å². The van der Waals surface area contributed by atoms with E-state index >= 15 is 0 Å². The number of ether oxygens (including phenoxy) is 1. The second-order valence-corrected chi connectivity index (χ2v) is 5.72. The molecule has 112 valence electrons. The van der Waals surface area contributed by atoms with Gasteiger partial charge in [-0.25, -0.2) is 0 Å². The van der Waals surface area contributed by atoms with Gasteiger partial charge in [0.15, 0.2) is 0 Å². The van der Waals surface area contributed by atoms with E-state index in [1.54, 1.807) is 6.08 Å². The van der Waals surface area contributed by atoms with Crippen LogP contribution in [0.3, 0.4) is 0 Å². The maximum atomic E-state index is 5.84. The lowest BCUT2D eigenvalue weighted by molar-refractivity contribution is 0.274. The Morgan fingerprint density at radius 2 is 2.10 bits per heavy atom. The molecule has 1 aliphatic heterocycles. The highest BCUT2D eigenvalue weighted by Gasteiger charge is 2.32. The molecule has 0 bridgehead atoms. The molecule has 1 aromatic carbocycles. The molecule has 0 saturated carbocycles. The van der Waals surface area contributed by atoms with Crippen LogP contribution in [-0.2, 0) is 6.54 Å². The van der Waals surface area contributed by atoms with Crippen molar-refractivity contribution in [2.45, 2.75) is 19.9 Å². The van der Waals surface area contributed by atoms with E-state index in [0.29, 0.717) is 12.0 Å². The summed E-state index contributed by atoms with van der Waals surface area (Å²) in [5.41, 5.74) is 7.46. The first kappa shape index (κ1) is 17.0. The summed E-state index contributed by atoms with van der Waals surface area (Å²) in [7, 11) is 0. The summed E-state index contributed by atoms with van der Waals surface area (Å²) >= 11 is 0. The van der Waals surface area contributed by atoms with Crippen molar-refractivity contribution in [1.29, 1.82) is 0 Å². The third-order valence-corrected chi connectivity index (χ3v) is 3.83. The van der Waals surface area contributed by atoms with Crippen LogP contribution in [0.25, 0.3) is 0 Å². The first-order valence-electron chi connectivity index (χ1n) is 6.90. The molecular weight excluding hydrogens is 272 g/mol. The van der Waals surface area contributed by atoms with Crippen molar-refractivity contribution >= 4 is 12.4 Å². The van der Waals surface area contributed by atoms with E-state index in [1.807, 2.05) is 12.1 Å². The van der Waals surface area contributed by atoms with Crippen molar-refractivity contribution in [3.8, 4) is 5.75 Å². The lowest BCUT2D eigenvalue weighted by atomic mass is 9.90. The van der Waals surface area contributed by atoms with E-state index in [9.17, 15) is 0 Å². The number of nitrogens with zero attached hydrogens (tertiary/aromatic N) is 1. The van der Waals surface area contributed by atoms with E-state index in [-0.39, 0.29) is 12.4 Å². The number of halogens is 1. The lowest BCUT2D eigenvalue weighted by Crippen LogP contribution is -2.31. The van der Waals surface area contributed by atoms with Crippen LogP contribution in [-0.4, -0.2) is 31.1 Å². The van der Waals surface area contributed by atoms with E-state index in [0.717, 1.165) is 31.9 Å². The highest BCUT2D eigenvalue weighted by molar-refractivity contribution is 5.85. The summed E-state index contributed by atoms with van der Waals surface area (Å²) in [4.78, 5) is 2.48. The number of hydrogen-bond acceptors (Lipinski definition) is 3. The van der Waals surface area contributed by atoms with Crippen LogP contribution in [0.15, 0.2) is 36.9 Å². The molecule has 3 nitrogen and oxygen atoms in total. The smallest absolute Gasteiger partial charge is 0.119 e. The minimum absolute atomic E-state index is 0. The summed E-state index contributed by atoms with van der Waals surface area (Å²) in [5.74, 6) is 0.900. The number of likely N-dealkylation sites (tertiary alicyclic amines) is 1. The van der Waals surface area contributed by atoms with Crippen LogP contribution in [0.5, 0.6) is 5.75 Å². The van der Waals surface area contributed by atoms with Crippen molar-refractivity contribution in [3.05, 3.63) is 42.5 Å². The van der Waals surface area contributed by atoms with Crippen molar-refractivity contribution in [2.75, 3.05) is 26.2 Å². The van der Waals surface area contributed by atoms with Gasteiger partial charge in [0.2, 0.25) is 0 Å². The molecule has 1 saturated heterocycles. The normalized spacial score (nSPS) is 22.3. The standard InChI is InChI=1S/C16H24N2O.ClH/c1-3-10-19-15-6-4-14(5-7-15)11-18-9-8-16(2,12-17)13-18;/h3-7H,1,8-13,17H2,2H3;1H. The van der Waals surface area contributed by atoms with Crippen LogP contribution >= 0.6 is 12.4 Å². The Hall–Kier alpha value is -1.03. The van der Waals surface area contributed by atoms with Crippen molar-refractivity contribution in [3.63, 3.8) is 0 Å². The zero-order valence-electron chi connectivity index (χ0n) is 12.2. The first-order chi connectivity index (χ1) is 9.15. The predicted molar refractivity (Wildman–Crippen MR) is 86.4 cm³/mol. The summed E-state index contributed by atoms with van der Waals surface area (Å²) in [6.45, 7) is 10.5. The highest BCUT2D eigenvalue weighted by atomic mass is 35.5. The molecule has 20 heavy (non-hydrogen) atoms. The van der Waals surface area contributed by atoms with Gasteiger partial charge in [0.25, 0.3) is 0 Å². The molecule has 1 aromatic rings. The van der Waals surface area contributed by atoms with Crippen LogP contribution in [0, 0.1) is 5.41 Å². The Kier molecular flexibility index (Phi) is 6.53. The highest BCUT2D eigenvalue weighted by Crippen LogP contribution is 2.29. The van der Waals surface area contributed by atoms with Crippen molar-refractivity contribution in [2.24, 2.45) is 11.1 Å². The molecule has 0 aliphatic carbocycles. The second kappa shape index (κ2) is 7.67. The molecule has 1 fully saturated rings. The average molecular weight is 297 g/mol. The predicted octanol–water partition coefficient (Wildman–Crippen LogP) is 2.84. The van der Waals surface area contributed by atoms with Crippen LogP contribution in [0.1, 0.15) is 18.9 Å². The number of nitrogens with two attached hydrogens (primary N) is 1. The molecule has 2 N–H and O–H groups in total. The molecule has 1 heterocycles. The van der Waals surface area contributed by atoms with Gasteiger partial charge in [0.1, 0.15) is 12.4 Å². The first-order valence-corrected chi connectivity index (χ1v) is 6.90. The quantitative estimate of drug-likeness (QED) is 0.821. The molecule has 1 unspecified atom stereocenters. The van der Waals surface area contributed by atoms with Gasteiger partial charge in [-0.3, -0.25) is 4.90 Å². The monoisotopic (exact) mass is 296 g/mol. The fourth-order valence-corrected chi connectivity index (χ4v) is 2.53. The zero-order chi connectivity index (χ0) is 13.7. The Labute approximate surface area is 128 Å². The molecule has 0 radical (unpaired) electrons. The van der Waals surface area contributed by atoms with Crippen LogP contribution in [0.2, 0.25) is 0 Å². The maximum absolute atomic E-state index is 5.84. The summed E-state index contributed by atoms with van der Waals surface area (Å²) < 4.78 is 5.48. The maximum Gasteiger partial charge on any atom is 0.119 e. The zero-order valence-corrected chi connectivity index (χ0v) is 13.0. The fraction of sp³-hybridized carbons (Fsp3) is 0.500. The largest absolute Gasteiger partial charge is 0.490 e. The molecule has 1 aliphatic rings. The van der Waals surface area contributed by atoms with Gasteiger partial charge in [0, 0.05) is 13.1 Å². The van der Waals surface area contributed by atoms with E-state index < -0.39 is 0 Å². The Morgan fingerprint density at radius 3 is 2.65 bits per heavy atom. The summed E-state index contributed by atoms with van der Waals surface area (Å²) in [6.07, 6.45) is 2.95. The summed E-state index contributed by atoms with van der Waals surface area (Å²) in [6, 6.07) is 8.32. The minimum Gasteiger partial charge on any atom is -0.490 e. The Morgan fingerprint density at radius 1 is 1.40 bits per heavy atom. The van der Waals surface area contributed by atoms with E-state index in [2.05, 4.69) is 30.5 Å². The van der Waals surface area contributed by atoms with Gasteiger partial charge >= 0.3 is 0 Å². The van der Waals surface area contributed by atoms with E-state index in [1.165, 1.54) is 12.0 Å². The topological polar surface area (TPSA) is 38.5 Å². The average Bonchev–Trinajstić information content (AvgIpc) is 2.80. The van der Waals surface area contributed by atoms with Crippen LogP contribution < -0.4 is 10.5 Å². The Balaban J connectivity index is 0.00000200.